The molecule has 0 radical (unpaired) electrons. The van der Waals surface area contributed by atoms with Crippen LogP contribution in [0.15, 0.2) is 24.3 Å². The molecule has 1 N–H and O–H groups in total. The van der Waals surface area contributed by atoms with Gasteiger partial charge in [0.2, 0.25) is 0 Å². The number of unbranched alkanes of at least 4 members (excludes halogenated alkanes) is 23. The molecule has 4 heteroatoms. The molecule has 0 aromatic carbocycles. The molecule has 0 amide bonds. The zero-order valence-electron chi connectivity index (χ0n) is 28.1. The number of rotatable bonds is 33. The minimum Gasteiger partial charge on any atom is -0.479 e. The average Bonchev–Trinajstić information content (AvgIpc) is 2.98. The lowest BCUT2D eigenvalue weighted by Crippen LogP contribution is -2.27. The number of esters is 1. The van der Waals surface area contributed by atoms with E-state index >= 15 is 0 Å². The van der Waals surface area contributed by atoms with Crippen LogP contribution in [0.5, 0.6) is 0 Å². The summed E-state index contributed by atoms with van der Waals surface area (Å²) in [6.45, 7) is 4.51. The molecule has 0 aromatic rings. The third-order valence-corrected chi connectivity index (χ3v) is 8.20. The Labute approximate surface area is 261 Å². The van der Waals surface area contributed by atoms with Gasteiger partial charge in [0.1, 0.15) is 0 Å². The van der Waals surface area contributed by atoms with Crippen molar-refractivity contribution in [3.63, 3.8) is 0 Å². The lowest BCUT2D eigenvalue weighted by atomic mass is 10.0. The van der Waals surface area contributed by atoms with E-state index in [0.29, 0.717) is 12.8 Å². The third kappa shape index (κ3) is 31.4. The van der Waals surface area contributed by atoms with Crippen molar-refractivity contribution in [2.24, 2.45) is 0 Å². The smallest absolute Gasteiger partial charge is 0.345 e. The number of carbonyl (C=O) groups is 2. The highest BCUT2D eigenvalue weighted by Crippen LogP contribution is 2.16. The molecule has 0 saturated heterocycles. The summed E-state index contributed by atoms with van der Waals surface area (Å²) in [4.78, 5) is 23.7. The van der Waals surface area contributed by atoms with Gasteiger partial charge in [0.25, 0.3) is 0 Å². The van der Waals surface area contributed by atoms with Crippen LogP contribution in [-0.4, -0.2) is 23.1 Å². The fourth-order valence-electron chi connectivity index (χ4n) is 5.41. The highest BCUT2D eigenvalue weighted by molar-refractivity contribution is 5.77. The van der Waals surface area contributed by atoms with Gasteiger partial charge >= 0.3 is 11.9 Å². The van der Waals surface area contributed by atoms with Gasteiger partial charge in [0.05, 0.1) is 0 Å². The number of hydrogen-bond donors (Lipinski definition) is 1. The topological polar surface area (TPSA) is 63.6 Å². The average molecular weight is 591 g/mol. The van der Waals surface area contributed by atoms with Crippen molar-refractivity contribution < 1.29 is 19.4 Å². The van der Waals surface area contributed by atoms with Crippen molar-refractivity contribution in [1.29, 1.82) is 0 Å². The van der Waals surface area contributed by atoms with Crippen LogP contribution in [0.4, 0.5) is 0 Å². The minimum atomic E-state index is -1.01. The molecular formula is C38H70O4. The number of carboxylic acids is 1. The van der Waals surface area contributed by atoms with Gasteiger partial charge in [-0.2, -0.15) is 0 Å². The first-order valence-corrected chi connectivity index (χ1v) is 18.3. The summed E-state index contributed by atoms with van der Waals surface area (Å²) >= 11 is 0. The van der Waals surface area contributed by atoms with Crippen LogP contribution in [0.3, 0.4) is 0 Å². The molecule has 0 fully saturated rings. The maximum atomic E-state index is 12.2. The molecule has 0 bridgehead atoms. The number of allylic oxidation sites excluding steroid dienone is 4. The first-order chi connectivity index (χ1) is 20.6. The highest BCUT2D eigenvalue weighted by Gasteiger charge is 2.21. The summed E-state index contributed by atoms with van der Waals surface area (Å²) in [6, 6.07) is 0. The van der Waals surface area contributed by atoms with E-state index in [0.717, 1.165) is 51.4 Å². The van der Waals surface area contributed by atoms with E-state index in [1.165, 1.54) is 122 Å². The summed E-state index contributed by atoms with van der Waals surface area (Å²) in [5.74, 6) is -1.37. The fraction of sp³-hybridized carbons (Fsp3) is 0.842. The van der Waals surface area contributed by atoms with E-state index in [1.807, 2.05) is 0 Å². The molecule has 0 aliphatic carbocycles. The Morgan fingerprint density at radius 2 is 0.905 bits per heavy atom. The summed E-state index contributed by atoms with van der Waals surface area (Å²) in [6.07, 6.45) is 42.0. The van der Waals surface area contributed by atoms with Gasteiger partial charge in [-0.1, -0.05) is 167 Å². The molecule has 0 heterocycles. The molecule has 0 rings (SSSR count). The van der Waals surface area contributed by atoms with Crippen LogP contribution in [0.25, 0.3) is 0 Å². The second kappa shape index (κ2) is 33.9. The van der Waals surface area contributed by atoms with E-state index in [2.05, 4.69) is 38.2 Å². The van der Waals surface area contributed by atoms with E-state index < -0.39 is 12.1 Å². The van der Waals surface area contributed by atoms with Crippen LogP contribution in [0.2, 0.25) is 0 Å². The van der Waals surface area contributed by atoms with E-state index in [9.17, 15) is 14.7 Å². The van der Waals surface area contributed by atoms with Gasteiger partial charge < -0.3 is 9.84 Å². The predicted molar refractivity (Wildman–Crippen MR) is 181 cm³/mol. The largest absolute Gasteiger partial charge is 0.479 e. The number of ether oxygens (including phenoxy) is 1. The van der Waals surface area contributed by atoms with Crippen LogP contribution in [-0.2, 0) is 14.3 Å². The van der Waals surface area contributed by atoms with E-state index in [4.69, 9.17) is 4.74 Å². The first kappa shape index (κ1) is 40.4. The Morgan fingerprint density at radius 3 is 1.38 bits per heavy atom. The van der Waals surface area contributed by atoms with Gasteiger partial charge in [-0.05, 0) is 51.4 Å². The van der Waals surface area contributed by atoms with Crippen molar-refractivity contribution in [3.05, 3.63) is 24.3 Å². The molecular weight excluding hydrogens is 520 g/mol. The quantitative estimate of drug-likeness (QED) is 0.0469. The zero-order chi connectivity index (χ0) is 30.8. The van der Waals surface area contributed by atoms with Crippen molar-refractivity contribution >= 4 is 11.9 Å². The summed E-state index contributed by atoms with van der Waals surface area (Å²) in [7, 11) is 0. The molecule has 0 aromatic heterocycles. The molecule has 1 unspecified atom stereocenters. The number of hydrogen-bond acceptors (Lipinski definition) is 3. The third-order valence-electron chi connectivity index (χ3n) is 8.20. The molecule has 42 heavy (non-hydrogen) atoms. The van der Waals surface area contributed by atoms with Gasteiger partial charge in [-0.25, -0.2) is 4.79 Å². The van der Waals surface area contributed by atoms with Crippen molar-refractivity contribution in [3.8, 4) is 0 Å². The molecule has 0 aliphatic rings. The van der Waals surface area contributed by atoms with Crippen molar-refractivity contribution in [2.75, 3.05) is 0 Å². The van der Waals surface area contributed by atoms with Gasteiger partial charge in [-0.15, -0.1) is 0 Å². The van der Waals surface area contributed by atoms with Gasteiger partial charge in [-0.3, -0.25) is 4.79 Å². The normalized spacial score (nSPS) is 12.4. The molecule has 4 nitrogen and oxygen atoms in total. The van der Waals surface area contributed by atoms with Gasteiger partial charge in [0, 0.05) is 6.42 Å². The van der Waals surface area contributed by atoms with Crippen molar-refractivity contribution in [1.82, 2.24) is 0 Å². The first-order valence-electron chi connectivity index (χ1n) is 18.3. The molecule has 0 saturated carbocycles. The van der Waals surface area contributed by atoms with Crippen LogP contribution >= 0.6 is 0 Å². The Hall–Kier alpha value is -1.58. The zero-order valence-corrected chi connectivity index (χ0v) is 28.1. The van der Waals surface area contributed by atoms with Crippen molar-refractivity contribution in [2.45, 2.75) is 206 Å². The highest BCUT2D eigenvalue weighted by atomic mass is 16.6. The summed E-state index contributed by atoms with van der Waals surface area (Å²) < 4.78 is 5.30. The number of carboxylic acid groups (broad SMARTS) is 1. The molecule has 246 valence electrons. The van der Waals surface area contributed by atoms with Crippen LogP contribution < -0.4 is 0 Å². The summed E-state index contributed by atoms with van der Waals surface area (Å²) in [5.41, 5.74) is 0. The maximum Gasteiger partial charge on any atom is 0.345 e. The Balaban J connectivity index is 3.58. The Morgan fingerprint density at radius 1 is 0.524 bits per heavy atom. The number of carbonyl (C=O) groups excluding carboxylic acids is 1. The minimum absolute atomic E-state index is 0.327. The lowest BCUT2D eigenvalue weighted by molar-refractivity contribution is -0.164. The molecule has 0 aliphatic heterocycles. The Bertz CT molecular complexity index is 639. The maximum absolute atomic E-state index is 12.2. The molecule has 0 spiro atoms. The monoisotopic (exact) mass is 591 g/mol. The van der Waals surface area contributed by atoms with Crippen LogP contribution in [0.1, 0.15) is 200 Å². The van der Waals surface area contributed by atoms with E-state index in [-0.39, 0.29) is 5.97 Å². The fourth-order valence-corrected chi connectivity index (χ4v) is 5.41. The lowest BCUT2D eigenvalue weighted by Gasteiger charge is -2.13. The summed E-state index contributed by atoms with van der Waals surface area (Å²) in [5, 5.41) is 9.47. The SMILES string of the molecule is CCCCC/C=C\C/C=C\CCCCCCCC(=O)OC(CCCCCCCCCCCCCCCCCC)C(=O)O. The second-order valence-corrected chi connectivity index (χ2v) is 12.4. The number of aliphatic carboxylic acids is 1. The second-order valence-electron chi connectivity index (χ2n) is 12.4. The van der Waals surface area contributed by atoms with Gasteiger partial charge in [0.15, 0.2) is 6.10 Å². The molecule has 1 atom stereocenters. The van der Waals surface area contributed by atoms with Crippen LogP contribution in [0, 0.1) is 0 Å². The Kier molecular flexibility index (Phi) is 32.6. The predicted octanol–water partition coefficient (Wildman–Crippen LogP) is 12.4. The standard InChI is InChI=1S/C38H70O4/c1-3-5-7-9-11-13-15-17-19-21-22-24-26-28-30-32-34-36(38(40)41)42-37(39)35-33-31-29-27-25-23-20-18-16-14-12-10-8-6-4-2/h12,14,18,20,36H,3-11,13,15-17,19,21-35H2,1-2H3,(H,40,41)/b14-12-,20-18-. The van der Waals surface area contributed by atoms with E-state index in [1.54, 1.807) is 0 Å².